The molecule has 2 aliphatic carbocycles. The summed E-state index contributed by atoms with van der Waals surface area (Å²) < 4.78 is 4.93. The lowest BCUT2D eigenvalue weighted by atomic mass is 9.91. The molecule has 82 valence electrons. The van der Waals surface area contributed by atoms with Crippen LogP contribution in [0.1, 0.15) is 24.0 Å². The van der Waals surface area contributed by atoms with E-state index < -0.39 is 0 Å². The summed E-state index contributed by atoms with van der Waals surface area (Å²) in [6, 6.07) is 8.32. The average Bonchev–Trinajstić information content (AvgIpc) is 3.02. The van der Waals surface area contributed by atoms with Crippen LogP contribution in [0.3, 0.4) is 0 Å². The number of benzene rings is 1. The van der Waals surface area contributed by atoms with Crippen molar-refractivity contribution in [2.75, 3.05) is 7.11 Å². The second kappa shape index (κ2) is 3.21. The molecule has 1 saturated carbocycles. The number of allylic oxidation sites excluding steroid dienone is 1. The van der Waals surface area contributed by atoms with E-state index in [1.165, 1.54) is 23.8 Å². The highest BCUT2D eigenvalue weighted by atomic mass is 16.5. The summed E-state index contributed by atoms with van der Waals surface area (Å²) in [7, 11) is 1.48. The Hall–Kier alpha value is -1.57. The standard InChI is InChI=1S/C14H14O2/c1-16-13(15)14(8-9-14)12-7-6-10-4-2-3-5-11(10)12/h2-5,7H,6,8-9H2,1H3. The zero-order chi connectivity index (χ0) is 11.2. The summed E-state index contributed by atoms with van der Waals surface area (Å²) >= 11 is 0. The normalized spacial score (nSPS) is 19.9. The number of rotatable bonds is 2. The molecule has 0 saturated heterocycles. The van der Waals surface area contributed by atoms with Crippen molar-refractivity contribution < 1.29 is 9.53 Å². The minimum absolute atomic E-state index is 0.0737. The van der Waals surface area contributed by atoms with Gasteiger partial charge in [0.1, 0.15) is 0 Å². The van der Waals surface area contributed by atoms with Gasteiger partial charge >= 0.3 is 5.97 Å². The number of hydrogen-bond donors (Lipinski definition) is 0. The minimum Gasteiger partial charge on any atom is -0.468 e. The highest BCUT2D eigenvalue weighted by Crippen LogP contribution is 2.58. The number of methoxy groups -OCH3 is 1. The number of fused-ring (bicyclic) bond motifs is 1. The van der Waals surface area contributed by atoms with E-state index in [0.29, 0.717) is 0 Å². The number of carbonyl (C=O) groups is 1. The van der Waals surface area contributed by atoms with Crippen LogP contribution in [0, 0.1) is 5.41 Å². The summed E-state index contributed by atoms with van der Waals surface area (Å²) in [6.07, 6.45) is 5.00. The molecule has 3 rings (SSSR count). The van der Waals surface area contributed by atoms with E-state index in [4.69, 9.17) is 4.74 Å². The SMILES string of the molecule is COC(=O)C1(C2=CCc3ccccc32)CC1. The molecule has 0 aliphatic heterocycles. The molecule has 0 bridgehead atoms. The molecular weight excluding hydrogens is 200 g/mol. The van der Waals surface area contributed by atoms with Crippen LogP contribution in [-0.2, 0) is 16.0 Å². The van der Waals surface area contributed by atoms with Gasteiger partial charge in [-0.15, -0.1) is 0 Å². The van der Waals surface area contributed by atoms with Crippen LogP contribution < -0.4 is 0 Å². The predicted molar refractivity (Wildman–Crippen MR) is 61.8 cm³/mol. The quantitative estimate of drug-likeness (QED) is 0.707. The van der Waals surface area contributed by atoms with E-state index in [1.807, 2.05) is 12.1 Å². The lowest BCUT2D eigenvalue weighted by molar-refractivity contribution is -0.144. The van der Waals surface area contributed by atoms with Gasteiger partial charge < -0.3 is 4.74 Å². The second-order valence-corrected chi connectivity index (χ2v) is 4.55. The van der Waals surface area contributed by atoms with Gasteiger partial charge in [-0.3, -0.25) is 4.79 Å². The van der Waals surface area contributed by atoms with E-state index in [2.05, 4.69) is 18.2 Å². The number of carbonyl (C=O) groups excluding carboxylic acids is 1. The van der Waals surface area contributed by atoms with Crippen LogP contribution in [0.25, 0.3) is 5.57 Å². The molecule has 16 heavy (non-hydrogen) atoms. The molecule has 2 aliphatic rings. The Balaban J connectivity index is 2.02. The van der Waals surface area contributed by atoms with E-state index in [1.54, 1.807) is 0 Å². The first-order valence-electron chi connectivity index (χ1n) is 5.65. The highest BCUT2D eigenvalue weighted by molar-refractivity contribution is 5.97. The van der Waals surface area contributed by atoms with Crippen LogP contribution in [0.2, 0.25) is 0 Å². The molecule has 2 nitrogen and oxygen atoms in total. The maximum absolute atomic E-state index is 11.8. The summed E-state index contributed by atoms with van der Waals surface area (Å²) in [5.74, 6) is -0.0737. The van der Waals surface area contributed by atoms with Crippen LogP contribution >= 0.6 is 0 Å². The van der Waals surface area contributed by atoms with Gasteiger partial charge in [-0.05, 0) is 36.0 Å². The summed E-state index contributed by atoms with van der Waals surface area (Å²) in [5.41, 5.74) is 3.44. The molecule has 1 fully saturated rings. The molecule has 0 atom stereocenters. The average molecular weight is 214 g/mol. The van der Waals surface area contributed by atoms with E-state index >= 15 is 0 Å². The van der Waals surface area contributed by atoms with Crippen molar-refractivity contribution in [2.24, 2.45) is 5.41 Å². The Labute approximate surface area is 94.9 Å². The van der Waals surface area contributed by atoms with Gasteiger partial charge in [0.05, 0.1) is 12.5 Å². The Kier molecular flexibility index (Phi) is 1.93. The Morgan fingerprint density at radius 3 is 2.75 bits per heavy atom. The maximum atomic E-state index is 11.8. The summed E-state index contributed by atoms with van der Waals surface area (Å²) in [5, 5.41) is 0. The van der Waals surface area contributed by atoms with Crippen LogP contribution in [-0.4, -0.2) is 13.1 Å². The molecule has 0 N–H and O–H groups in total. The van der Waals surface area contributed by atoms with Crippen molar-refractivity contribution >= 4 is 11.5 Å². The van der Waals surface area contributed by atoms with Gasteiger partial charge in [-0.1, -0.05) is 30.3 Å². The molecule has 0 unspecified atom stereocenters. The third-order valence-corrected chi connectivity index (χ3v) is 3.68. The first kappa shape index (κ1) is 9.64. The van der Waals surface area contributed by atoms with Gasteiger partial charge in [0.25, 0.3) is 0 Å². The number of ether oxygens (including phenoxy) is 1. The van der Waals surface area contributed by atoms with E-state index in [9.17, 15) is 4.79 Å². The van der Waals surface area contributed by atoms with Gasteiger partial charge in [0, 0.05) is 0 Å². The fourth-order valence-electron chi connectivity index (χ4n) is 2.64. The molecule has 0 radical (unpaired) electrons. The van der Waals surface area contributed by atoms with E-state index in [-0.39, 0.29) is 11.4 Å². The summed E-state index contributed by atoms with van der Waals surface area (Å²) in [6.45, 7) is 0. The molecule has 0 heterocycles. The van der Waals surface area contributed by atoms with Crippen molar-refractivity contribution in [3.05, 3.63) is 41.5 Å². The highest BCUT2D eigenvalue weighted by Gasteiger charge is 2.55. The fourth-order valence-corrected chi connectivity index (χ4v) is 2.64. The Morgan fingerprint density at radius 2 is 2.06 bits per heavy atom. The predicted octanol–water partition coefficient (Wildman–Crippen LogP) is 2.58. The third-order valence-electron chi connectivity index (χ3n) is 3.68. The molecule has 1 aromatic rings. The lowest BCUT2D eigenvalue weighted by Gasteiger charge is -2.15. The second-order valence-electron chi connectivity index (χ2n) is 4.55. The monoisotopic (exact) mass is 214 g/mol. The minimum atomic E-state index is -0.318. The van der Waals surface area contributed by atoms with Crippen molar-refractivity contribution in [1.29, 1.82) is 0 Å². The zero-order valence-corrected chi connectivity index (χ0v) is 9.32. The summed E-state index contributed by atoms with van der Waals surface area (Å²) in [4.78, 5) is 11.8. The van der Waals surface area contributed by atoms with E-state index in [0.717, 1.165) is 19.3 Å². The lowest BCUT2D eigenvalue weighted by Crippen LogP contribution is -2.18. The Bertz CT molecular complexity index is 481. The van der Waals surface area contributed by atoms with Crippen LogP contribution in [0.5, 0.6) is 0 Å². The van der Waals surface area contributed by atoms with Crippen LogP contribution in [0.15, 0.2) is 30.3 Å². The zero-order valence-electron chi connectivity index (χ0n) is 9.32. The molecule has 0 spiro atoms. The molecule has 0 aromatic heterocycles. The number of hydrogen-bond acceptors (Lipinski definition) is 2. The van der Waals surface area contributed by atoms with Gasteiger partial charge in [-0.2, -0.15) is 0 Å². The van der Waals surface area contributed by atoms with Gasteiger partial charge in [0.15, 0.2) is 0 Å². The number of esters is 1. The smallest absolute Gasteiger partial charge is 0.316 e. The molecule has 2 heteroatoms. The van der Waals surface area contributed by atoms with Gasteiger partial charge in [0.2, 0.25) is 0 Å². The third kappa shape index (κ3) is 1.16. The Morgan fingerprint density at radius 1 is 1.31 bits per heavy atom. The molecule has 1 aromatic carbocycles. The van der Waals surface area contributed by atoms with Crippen molar-refractivity contribution in [1.82, 2.24) is 0 Å². The van der Waals surface area contributed by atoms with Crippen molar-refractivity contribution in [3.8, 4) is 0 Å². The van der Waals surface area contributed by atoms with Gasteiger partial charge in [-0.25, -0.2) is 0 Å². The van der Waals surface area contributed by atoms with Crippen LogP contribution in [0.4, 0.5) is 0 Å². The molecular formula is C14H14O2. The largest absolute Gasteiger partial charge is 0.468 e. The maximum Gasteiger partial charge on any atom is 0.316 e. The first-order valence-corrected chi connectivity index (χ1v) is 5.65. The van der Waals surface area contributed by atoms with Crippen molar-refractivity contribution in [3.63, 3.8) is 0 Å². The first-order chi connectivity index (χ1) is 7.78. The topological polar surface area (TPSA) is 26.3 Å². The van der Waals surface area contributed by atoms with Crippen molar-refractivity contribution in [2.45, 2.75) is 19.3 Å². The fraction of sp³-hybridized carbons (Fsp3) is 0.357. The molecule has 0 amide bonds.